The van der Waals surface area contributed by atoms with Crippen LogP contribution in [0.5, 0.6) is 5.75 Å². The van der Waals surface area contributed by atoms with E-state index in [0.717, 1.165) is 25.1 Å². The first-order chi connectivity index (χ1) is 8.13. The average molecular weight is 235 g/mol. The molecule has 0 saturated carbocycles. The Morgan fingerprint density at radius 2 is 2.29 bits per heavy atom. The quantitative estimate of drug-likeness (QED) is 0.757. The van der Waals surface area contributed by atoms with Crippen LogP contribution in [-0.4, -0.2) is 25.6 Å². The number of nitrogens with two attached hydrogens (primary N) is 2. The van der Waals surface area contributed by atoms with E-state index < -0.39 is 0 Å². The fourth-order valence-electron chi connectivity index (χ4n) is 2.25. The molecule has 0 bridgehead atoms. The monoisotopic (exact) mass is 235 g/mol. The van der Waals surface area contributed by atoms with E-state index >= 15 is 0 Å². The van der Waals surface area contributed by atoms with Gasteiger partial charge in [-0.05, 0) is 25.0 Å². The van der Waals surface area contributed by atoms with Crippen LogP contribution in [0.2, 0.25) is 0 Å². The molecule has 1 aliphatic rings. The van der Waals surface area contributed by atoms with Crippen LogP contribution in [0.25, 0.3) is 0 Å². The Kier molecular flexibility index (Phi) is 3.08. The first-order valence-electron chi connectivity index (χ1n) is 5.63. The maximum atomic E-state index is 11.3. The van der Waals surface area contributed by atoms with Crippen molar-refractivity contribution in [1.29, 1.82) is 0 Å². The molecule has 5 nitrogen and oxygen atoms in total. The van der Waals surface area contributed by atoms with Gasteiger partial charge in [-0.15, -0.1) is 0 Å². The average Bonchev–Trinajstić information content (AvgIpc) is 2.78. The van der Waals surface area contributed by atoms with Crippen LogP contribution >= 0.6 is 0 Å². The number of ether oxygens (including phenoxy) is 1. The predicted molar refractivity (Wildman–Crippen MR) is 67.0 cm³/mol. The molecule has 0 aromatic heterocycles. The zero-order valence-electron chi connectivity index (χ0n) is 9.85. The van der Waals surface area contributed by atoms with Gasteiger partial charge in [0.15, 0.2) is 0 Å². The molecule has 1 fully saturated rings. The third-order valence-electron chi connectivity index (χ3n) is 3.13. The zero-order valence-corrected chi connectivity index (χ0v) is 9.85. The van der Waals surface area contributed by atoms with Gasteiger partial charge < -0.3 is 21.1 Å². The summed E-state index contributed by atoms with van der Waals surface area (Å²) in [5.41, 5.74) is 12.7. The summed E-state index contributed by atoms with van der Waals surface area (Å²) in [6, 6.07) is 5.29. The highest BCUT2D eigenvalue weighted by Gasteiger charge is 2.29. The van der Waals surface area contributed by atoms with Crippen molar-refractivity contribution in [3.05, 3.63) is 18.2 Å². The molecule has 4 N–H and O–H groups in total. The number of hydrogen-bond acceptors (Lipinski definition) is 4. The number of hydrogen-bond donors (Lipinski definition) is 2. The lowest BCUT2D eigenvalue weighted by atomic mass is 10.2. The highest BCUT2D eigenvalue weighted by Crippen LogP contribution is 2.31. The van der Waals surface area contributed by atoms with Gasteiger partial charge >= 0.3 is 0 Å². The minimum atomic E-state index is -0.279. The summed E-state index contributed by atoms with van der Waals surface area (Å²) in [5.74, 6) is 0.343. The highest BCUT2D eigenvalue weighted by molar-refractivity contribution is 5.84. The van der Waals surface area contributed by atoms with E-state index in [1.165, 1.54) is 0 Å². The largest absolute Gasteiger partial charge is 0.495 e. The van der Waals surface area contributed by atoms with E-state index in [2.05, 4.69) is 0 Å². The van der Waals surface area contributed by atoms with Crippen LogP contribution in [0.15, 0.2) is 18.2 Å². The molecular weight excluding hydrogens is 218 g/mol. The second kappa shape index (κ2) is 4.53. The van der Waals surface area contributed by atoms with Crippen LogP contribution in [0.4, 0.5) is 11.4 Å². The van der Waals surface area contributed by atoms with Crippen molar-refractivity contribution in [2.75, 3.05) is 24.3 Å². The van der Waals surface area contributed by atoms with E-state index in [0.29, 0.717) is 11.4 Å². The number of anilines is 2. The van der Waals surface area contributed by atoms with Gasteiger partial charge in [-0.25, -0.2) is 0 Å². The molecule has 0 aliphatic carbocycles. The topological polar surface area (TPSA) is 81.6 Å². The molecule has 17 heavy (non-hydrogen) atoms. The minimum Gasteiger partial charge on any atom is -0.495 e. The Bertz CT molecular complexity index is 434. The number of benzene rings is 1. The smallest absolute Gasteiger partial charge is 0.240 e. The number of carbonyl (C=O) groups is 1. The lowest BCUT2D eigenvalue weighted by Gasteiger charge is -2.25. The molecule has 92 valence electrons. The summed E-state index contributed by atoms with van der Waals surface area (Å²) in [6.07, 6.45) is 1.78. The summed E-state index contributed by atoms with van der Waals surface area (Å²) >= 11 is 0. The molecule has 1 heterocycles. The van der Waals surface area contributed by atoms with Crippen molar-refractivity contribution in [2.45, 2.75) is 18.9 Å². The van der Waals surface area contributed by atoms with E-state index in [4.69, 9.17) is 16.2 Å². The van der Waals surface area contributed by atoms with Crippen LogP contribution in [0.3, 0.4) is 0 Å². The van der Waals surface area contributed by atoms with E-state index in [9.17, 15) is 4.79 Å². The normalized spacial score (nSPS) is 19.4. The summed E-state index contributed by atoms with van der Waals surface area (Å²) in [5, 5.41) is 0. The highest BCUT2D eigenvalue weighted by atomic mass is 16.5. The van der Waals surface area contributed by atoms with Gasteiger partial charge in [-0.3, -0.25) is 4.79 Å². The third kappa shape index (κ3) is 2.13. The summed E-state index contributed by atoms with van der Waals surface area (Å²) in [4.78, 5) is 13.3. The lowest BCUT2D eigenvalue weighted by Crippen LogP contribution is -2.40. The summed E-state index contributed by atoms with van der Waals surface area (Å²) in [7, 11) is 1.57. The molecule has 1 unspecified atom stereocenters. The molecule has 1 atom stereocenters. The summed E-state index contributed by atoms with van der Waals surface area (Å²) < 4.78 is 5.17. The van der Waals surface area contributed by atoms with Crippen molar-refractivity contribution in [3.63, 3.8) is 0 Å². The molecule has 0 spiro atoms. The Hall–Kier alpha value is -1.91. The molecule has 1 aliphatic heterocycles. The van der Waals surface area contributed by atoms with Gasteiger partial charge in [0.05, 0.1) is 12.8 Å². The van der Waals surface area contributed by atoms with Gasteiger partial charge in [-0.1, -0.05) is 0 Å². The van der Waals surface area contributed by atoms with Crippen LogP contribution < -0.4 is 21.1 Å². The van der Waals surface area contributed by atoms with E-state index in [-0.39, 0.29) is 11.9 Å². The number of nitrogens with zero attached hydrogens (tertiary/aromatic N) is 1. The first kappa shape index (κ1) is 11.6. The minimum absolute atomic E-state index is 0.219. The van der Waals surface area contributed by atoms with Crippen molar-refractivity contribution in [2.24, 2.45) is 5.73 Å². The summed E-state index contributed by atoms with van der Waals surface area (Å²) in [6.45, 7) is 0.834. The molecular formula is C12H17N3O2. The van der Waals surface area contributed by atoms with Gasteiger partial charge in [0.2, 0.25) is 5.91 Å². The molecule has 1 aromatic carbocycles. The zero-order chi connectivity index (χ0) is 12.4. The fourth-order valence-corrected chi connectivity index (χ4v) is 2.25. The first-order valence-corrected chi connectivity index (χ1v) is 5.63. The van der Waals surface area contributed by atoms with Crippen molar-refractivity contribution in [3.8, 4) is 5.75 Å². The molecule has 2 rings (SSSR count). The van der Waals surface area contributed by atoms with Crippen LogP contribution in [0, 0.1) is 0 Å². The lowest BCUT2D eigenvalue weighted by molar-refractivity contribution is -0.119. The van der Waals surface area contributed by atoms with Crippen molar-refractivity contribution in [1.82, 2.24) is 0 Å². The Morgan fingerprint density at radius 3 is 2.94 bits per heavy atom. The predicted octanol–water partition coefficient (Wildman–Crippen LogP) is 0.731. The van der Waals surface area contributed by atoms with Gasteiger partial charge in [0.25, 0.3) is 0 Å². The Balaban J connectivity index is 2.30. The third-order valence-corrected chi connectivity index (χ3v) is 3.13. The van der Waals surface area contributed by atoms with Crippen LogP contribution in [-0.2, 0) is 4.79 Å². The fraction of sp³-hybridized carbons (Fsp3) is 0.417. The number of rotatable bonds is 3. The van der Waals surface area contributed by atoms with Gasteiger partial charge in [-0.2, -0.15) is 0 Å². The van der Waals surface area contributed by atoms with Gasteiger partial charge in [0.1, 0.15) is 11.8 Å². The standard InChI is InChI=1S/C12H17N3O2/c1-17-11-7-8(4-5-9(11)13)15-6-2-3-10(15)12(14)16/h4-5,7,10H,2-3,6,13H2,1H3,(H2,14,16). The molecule has 1 aromatic rings. The Labute approximate surface area is 100 Å². The number of primary amides is 1. The maximum Gasteiger partial charge on any atom is 0.240 e. The second-order valence-electron chi connectivity index (χ2n) is 4.18. The molecule has 0 radical (unpaired) electrons. The number of nitrogen functional groups attached to an aromatic ring is 1. The number of amides is 1. The number of carbonyl (C=O) groups excluding carboxylic acids is 1. The van der Waals surface area contributed by atoms with E-state index in [1.807, 2.05) is 17.0 Å². The SMILES string of the molecule is COc1cc(N2CCCC2C(N)=O)ccc1N. The maximum absolute atomic E-state index is 11.3. The van der Waals surface area contributed by atoms with Crippen molar-refractivity contribution >= 4 is 17.3 Å². The van der Waals surface area contributed by atoms with Crippen molar-refractivity contribution < 1.29 is 9.53 Å². The molecule has 5 heteroatoms. The number of methoxy groups -OCH3 is 1. The molecule has 1 saturated heterocycles. The Morgan fingerprint density at radius 1 is 1.53 bits per heavy atom. The van der Waals surface area contributed by atoms with Gasteiger partial charge in [0, 0.05) is 18.3 Å². The molecule has 1 amide bonds. The second-order valence-corrected chi connectivity index (χ2v) is 4.18. The van der Waals surface area contributed by atoms with Crippen LogP contribution in [0.1, 0.15) is 12.8 Å². The van der Waals surface area contributed by atoms with E-state index in [1.54, 1.807) is 13.2 Å².